The van der Waals surface area contributed by atoms with Crippen LogP contribution in [0, 0.1) is 0 Å². The highest BCUT2D eigenvalue weighted by Crippen LogP contribution is 2.07. The minimum absolute atomic E-state index is 0.583. The molecule has 3 heteroatoms. The molecule has 0 spiro atoms. The SMILES string of the molecule is C=C(Cl)CN1CCNC[C@H]1C. The lowest BCUT2D eigenvalue weighted by Crippen LogP contribution is -2.49. The highest BCUT2D eigenvalue weighted by molar-refractivity contribution is 6.29. The van der Waals surface area contributed by atoms with Crippen LogP contribution in [0.2, 0.25) is 0 Å². The third kappa shape index (κ3) is 2.81. The van der Waals surface area contributed by atoms with Gasteiger partial charge in [-0.25, -0.2) is 0 Å². The van der Waals surface area contributed by atoms with Crippen LogP contribution >= 0.6 is 11.6 Å². The lowest BCUT2D eigenvalue weighted by molar-refractivity contribution is 0.191. The zero-order valence-electron chi connectivity index (χ0n) is 6.94. The molecule has 1 atom stereocenters. The number of piperazine rings is 1. The first-order chi connectivity index (χ1) is 5.20. The molecule has 1 heterocycles. The topological polar surface area (TPSA) is 15.3 Å². The van der Waals surface area contributed by atoms with Crippen molar-refractivity contribution in [1.29, 1.82) is 0 Å². The van der Waals surface area contributed by atoms with E-state index in [1.807, 2.05) is 0 Å². The van der Waals surface area contributed by atoms with Crippen LogP contribution in [0.15, 0.2) is 11.6 Å². The fraction of sp³-hybridized carbons (Fsp3) is 0.750. The number of hydrogen-bond donors (Lipinski definition) is 1. The Kier molecular flexibility index (Phi) is 3.37. The molecule has 0 saturated carbocycles. The Morgan fingerprint density at radius 1 is 1.82 bits per heavy atom. The van der Waals surface area contributed by atoms with Gasteiger partial charge in [0, 0.05) is 37.3 Å². The summed E-state index contributed by atoms with van der Waals surface area (Å²) in [5, 5.41) is 4.06. The highest BCUT2D eigenvalue weighted by atomic mass is 35.5. The van der Waals surface area contributed by atoms with Gasteiger partial charge in [-0.15, -0.1) is 0 Å². The van der Waals surface area contributed by atoms with E-state index in [1.165, 1.54) is 0 Å². The first kappa shape index (κ1) is 9.04. The monoisotopic (exact) mass is 174 g/mol. The molecule has 1 saturated heterocycles. The Morgan fingerprint density at radius 3 is 3.09 bits per heavy atom. The van der Waals surface area contributed by atoms with E-state index in [-0.39, 0.29) is 0 Å². The summed E-state index contributed by atoms with van der Waals surface area (Å²) >= 11 is 5.72. The average molecular weight is 175 g/mol. The number of nitrogens with zero attached hydrogens (tertiary/aromatic N) is 1. The molecule has 0 bridgehead atoms. The van der Waals surface area contributed by atoms with Crippen LogP contribution in [0.4, 0.5) is 0 Å². The molecule has 0 aromatic rings. The summed E-state index contributed by atoms with van der Waals surface area (Å²) in [6.45, 7) is 9.91. The normalized spacial score (nSPS) is 26.9. The van der Waals surface area contributed by atoms with Crippen LogP contribution in [-0.4, -0.2) is 37.1 Å². The predicted molar refractivity (Wildman–Crippen MR) is 48.9 cm³/mol. The molecule has 64 valence electrons. The summed E-state index contributed by atoms with van der Waals surface area (Å²) in [7, 11) is 0. The largest absolute Gasteiger partial charge is 0.314 e. The van der Waals surface area contributed by atoms with Crippen LogP contribution in [0.25, 0.3) is 0 Å². The summed E-state index contributed by atoms with van der Waals surface area (Å²) in [4.78, 5) is 2.34. The summed E-state index contributed by atoms with van der Waals surface area (Å²) in [6.07, 6.45) is 0. The molecule has 1 fully saturated rings. The van der Waals surface area contributed by atoms with Crippen LogP contribution < -0.4 is 5.32 Å². The molecule has 1 aliphatic rings. The molecule has 1 N–H and O–H groups in total. The van der Waals surface area contributed by atoms with Gasteiger partial charge in [0.1, 0.15) is 0 Å². The molecule has 0 radical (unpaired) electrons. The lowest BCUT2D eigenvalue weighted by atomic mass is 10.2. The second-order valence-electron chi connectivity index (χ2n) is 3.04. The van der Waals surface area contributed by atoms with Crippen molar-refractivity contribution in [2.75, 3.05) is 26.2 Å². The zero-order chi connectivity index (χ0) is 8.27. The van der Waals surface area contributed by atoms with E-state index in [0.29, 0.717) is 6.04 Å². The van der Waals surface area contributed by atoms with E-state index in [1.54, 1.807) is 0 Å². The second kappa shape index (κ2) is 4.10. The smallest absolute Gasteiger partial charge is 0.0339 e. The first-order valence-electron chi connectivity index (χ1n) is 3.98. The highest BCUT2D eigenvalue weighted by Gasteiger charge is 2.17. The molecule has 2 nitrogen and oxygen atoms in total. The number of nitrogens with one attached hydrogen (secondary N) is 1. The van der Waals surface area contributed by atoms with Gasteiger partial charge in [-0.3, -0.25) is 4.90 Å². The van der Waals surface area contributed by atoms with Crippen molar-refractivity contribution >= 4 is 11.6 Å². The minimum Gasteiger partial charge on any atom is -0.314 e. The van der Waals surface area contributed by atoms with Gasteiger partial charge in [0.05, 0.1) is 0 Å². The fourth-order valence-corrected chi connectivity index (χ4v) is 1.49. The summed E-state index contributed by atoms with van der Waals surface area (Å²) in [5.41, 5.74) is 0. The van der Waals surface area contributed by atoms with E-state index in [2.05, 4.69) is 23.7 Å². The van der Waals surface area contributed by atoms with Crippen molar-refractivity contribution in [3.05, 3.63) is 11.6 Å². The van der Waals surface area contributed by atoms with Crippen molar-refractivity contribution in [3.8, 4) is 0 Å². The Hall–Kier alpha value is -0.0500. The van der Waals surface area contributed by atoms with Gasteiger partial charge < -0.3 is 5.32 Å². The number of hydrogen-bond acceptors (Lipinski definition) is 2. The lowest BCUT2D eigenvalue weighted by Gasteiger charge is -2.33. The Labute approximate surface area is 73.2 Å². The van der Waals surface area contributed by atoms with Crippen molar-refractivity contribution in [3.63, 3.8) is 0 Å². The van der Waals surface area contributed by atoms with Crippen LogP contribution in [-0.2, 0) is 0 Å². The second-order valence-corrected chi connectivity index (χ2v) is 3.58. The molecule has 0 aromatic carbocycles. The van der Waals surface area contributed by atoms with Crippen molar-refractivity contribution in [2.24, 2.45) is 0 Å². The quantitative estimate of drug-likeness (QED) is 0.673. The maximum atomic E-state index is 5.72. The maximum Gasteiger partial charge on any atom is 0.0339 e. The van der Waals surface area contributed by atoms with Crippen LogP contribution in [0.1, 0.15) is 6.92 Å². The zero-order valence-corrected chi connectivity index (χ0v) is 7.69. The molecular formula is C8H15ClN2. The van der Waals surface area contributed by atoms with E-state index < -0.39 is 0 Å². The third-order valence-electron chi connectivity index (χ3n) is 2.01. The average Bonchev–Trinajstić information content (AvgIpc) is 1.93. The summed E-state index contributed by atoms with van der Waals surface area (Å²) < 4.78 is 0. The minimum atomic E-state index is 0.583. The van der Waals surface area contributed by atoms with E-state index in [0.717, 1.165) is 31.2 Å². The predicted octanol–water partition coefficient (Wildman–Crippen LogP) is 1.03. The van der Waals surface area contributed by atoms with Gasteiger partial charge in [0.15, 0.2) is 0 Å². The first-order valence-corrected chi connectivity index (χ1v) is 4.36. The Balaban J connectivity index is 2.35. The molecule has 1 aliphatic heterocycles. The number of rotatable bonds is 2. The molecule has 0 aromatic heterocycles. The van der Waals surface area contributed by atoms with Crippen LogP contribution in [0.5, 0.6) is 0 Å². The van der Waals surface area contributed by atoms with Crippen LogP contribution in [0.3, 0.4) is 0 Å². The van der Waals surface area contributed by atoms with Gasteiger partial charge in [0.2, 0.25) is 0 Å². The maximum absolute atomic E-state index is 5.72. The summed E-state index contributed by atoms with van der Waals surface area (Å²) in [6, 6.07) is 0.583. The molecule has 11 heavy (non-hydrogen) atoms. The van der Waals surface area contributed by atoms with Gasteiger partial charge in [-0.05, 0) is 6.92 Å². The third-order valence-corrected chi connectivity index (χ3v) is 2.13. The standard InChI is InChI=1S/C8H15ClN2/c1-7(9)6-11-4-3-10-5-8(11)2/h8,10H,1,3-6H2,2H3/t8-/m1/s1. The number of halogens is 1. The Morgan fingerprint density at radius 2 is 2.55 bits per heavy atom. The van der Waals surface area contributed by atoms with Gasteiger partial charge in [0.25, 0.3) is 0 Å². The van der Waals surface area contributed by atoms with Crippen molar-refractivity contribution in [2.45, 2.75) is 13.0 Å². The molecular weight excluding hydrogens is 160 g/mol. The molecule has 1 rings (SSSR count). The van der Waals surface area contributed by atoms with Gasteiger partial charge >= 0.3 is 0 Å². The van der Waals surface area contributed by atoms with E-state index in [9.17, 15) is 0 Å². The van der Waals surface area contributed by atoms with E-state index in [4.69, 9.17) is 11.6 Å². The molecule has 0 aliphatic carbocycles. The molecule has 0 amide bonds. The van der Waals surface area contributed by atoms with E-state index >= 15 is 0 Å². The Bertz CT molecular complexity index is 147. The summed E-state index contributed by atoms with van der Waals surface area (Å²) in [5.74, 6) is 0. The van der Waals surface area contributed by atoms with Crippen molar-refractivity contribution in [1.82, 2.24) is 10.2 Å². The molecule has 0 unspecified atom stereocenters. The van der Waals surface area contributed by atoms with Gasteiger partial charge in [-0.1, -0.05) is 18.2 Å². The van der Waals surface area contributed by atoms with Crippen molar-refractivity contribution < 1.29 is 0 Å². The van der Waals surface area contributed by atoms with Gasteiger partial charge in [-0.2, -0.15) is 0 Å². The fourth-order valence-electron chi connectivity index (χ4n) is 1.34.